The summed E-state index contributed by atoms with van der Waals surface area (Å²) in [5.41, 5.74) is 18.4. The van der Waals surface area contributed by atoms with Crippen LogP contribution in [0.3, 0.4) is 0 Å². The van der Waals surface area contributed by atoms with E-state index in [1.54, 1.807) is 0 Å². The van der Waals surface area contributed by atoms with Gasteiger partial charge in [-0.2, -0.15) is 0 Å². The standard InChI is InChI=1S/C42H40.C10H14.C8H6.3C2H6/c1-7-14-32-23-24-34(33-22-21-28(3)40(25-33)35-16-9-8-15-27(35)2)26-41(32)29(4)30(5)42-31(6)36-17-10-11-18-37(36)38-19-12-13-20-39(38)42;1-3-9(2)10-7-5-4-6-8-10;1-2-8-6-4-3-5-7-8;3*1-2/h8-13,15-26H,7,14H2,1-6H3;4-9H,3H2,1-2H3;1,3-7H;3*1-2H3/b30-29+;;;;;. The van der Waals surface area contributed by atoms with Gasteiger partial charge in [0.05, 0.1) is 0 Å². The number of hydrogen-bond donors (Lipinski definition) is 0. The molecule has 0 radical (unpaired) electrons. The van der Waals surface area contributed by atoms with Gasteiger partial charge in [0.15, 0.2) is 0 Å². The van der Waals surface area contributed by atoms with Crippen molar-refractivity contribution in [1.82, 2.24) is 0 Å². The normalized spacial score (nSPS) is 10.9. The van der Waals surface area contributed by atoms with Crippen LogP contribution in [-0.2, 0) is 6.42 Å². The molecule has 66 heavy (non-hydrogen) atoms. The molecule has 0 saturated heterocycles. The van der Waals surface area contributed by atoms with Crippen molar-refractivity contribution in [3.8, 4) is 34.6 Å². The van der Waals surface area contributed by atoms with E-state index in [1.807, 2.05) is 71.9 Å². The minimum absolute atomic E-state index is 0.709. The summed E-state index contributed by atoms with van der Waals surface area (Å²) in [5, 5.41) is 5.33. The van der Waals surface area contributed by atoms with Crippen LogP contribution in [-0.4, -0.2) is 0 Å². The molecule has 0 spiro atoms. The third kappa shape index (κ3) is 13.8. The fraction of sp³-hybridized carbons (Fsp3) is 0.273. The number of terminal acetylenes is 1. The lowest BCUT2D eigenvalue weighted by Gasteiger charge is -2.20. The van der Waals surface area contributed by atoms with Crippen LogP contribution in [0.4, 0.5) is 0 Å². The molecule has 342 valence electrons. The maximum atomic E-state index is 5.10. The second-order valence-electron chi connectivity index (χ2n) is 16.0. The fourth-order valence-corrected chi connectivity index (χ4v) is 8.30. The third-order valence-electron chi connectivity index (χ3n) is 12.1. The smallest absolute Gasteiger partial charge is 0.0242 e. The first kappa shape index (κ1) is 53.9. The molecular formula is C66H78. The molecule has 8 aromatic carbocycles. The van der Waals surface area contributed by atoms with E-state index in [1.165, 1.54) is 100 Å². The fourth-order valence-electron chi connectivity index (χ4n) is 8.30. The molecule has 0 N–H and O–H groups in total. The number of hydrogen-bond acceptors (Lipinski definition) is 0. The molecule has 0 nitrogen and oxygen atoms in total. The highest BCUT2D eigenvalue weighted by atomic mass is 14.2. The number of allylic oxidation sites excluding steroid dienone is 2. The molecule has 1 atom stereocenters. The highest BCUT2D eigenvalue weighted by molar-refractivity contribution is 6.15. The van der Waals surface area contributed by atoms with Crippen molar-refractivity contribution >= 4 is 32.7 Å². The summed E-state index contributed by atoms with van der Waals surface area (Å²) in [7, 11) is 0. The van der Waals surface area contributed by atoms with Gasteiger partial charge in [-0.1, -0.05) is 220 Å². The van der Waals surface area contributed by atoms with Gasteiger partial charge < -0.3 is 0 Å². The molecular weight excluding hydrogens is 793 g/mol. The summed E-state index contributed by atoms with van der Waals surface area (Å²) in [6.07, 6.45) is 8.52. The van der Waals surface area contributed by atoms with E-state index < -0.39 is 0 Å². The Morgan fingerprint density at radius 2 is 0.985 bits per heavy atom. The Morgan fingerprint density at radius 1 is 0.500 bits per heavy atom. The molecule has 0 aromatic heterocycles. The highest BCUT2D eigenvalue weighted by Gasteiger charge is 2.17. The molecule has 0 amide bonds. The Balaban J connectivity index is 0.000000395. The van der Waals surface area contributed by atoms with E-state index >= 15 is 0 Å². The van der Waals surface area contributed by atoms with Crippen molar-refractivity contribution in [3.05, 3.63) is 214 Å². The second-order valence-corrected chi connectivity index (χ2v) is 16.0. The van der Waals surface area contributed by atoms with Crippen LogP contribution in [0.15, 0.2) is 170 Å². The molecule has 0 fully saturated rings. The maximum Gasteiger partial charge on any atom is 0.0242 e. The minimum Gasteiger partial charge on any atom is -0.115 e. The molecule has 8 rings (SSSR count). The largest absolute Gasteiger partial charge is 0.115 e. The zero-order valence-corrected chi connectivity index (χ0v) is 42.9. The van der Waals surface area contributed by atoms with Crippen molar-refractivity contribution in [1.29, 1.82) is 0 Å². The van der Waals surface area contributed by atoms with Gasteiger partial charge in [-0.15, -0.1) is 6.42 Å². The van der Waals surface area contributed by atoms with Gasteiger partial charge in [0.2, 0.25) is 0 Å². The number of rotatable bonds is 8. The van der Waals surface area contributed by atoms with Gasteiger partial charge in [-0.25, -0.2) is 0 Å². The third-order valence-corrected chi connectivity index (χ3v) is 12.1. The van der Waals surface area contributed by atoms with Crippen LogP contribution in [0.25, 0.3) is 54.9 Å². The first-order valence-electron chi connectivity index (χ1n) is 24.6. The Hall–Kier alpha value is -6.42. The summed E-state index contributed by atoms with van der Waals surface area (Å²) < 4.78 is 0. The average molecular weight is 871 g/mol. The molecule has 0 bridgehead atoms. The molecule has 1 unspecified atom stereocenters. The van der Waals surface area contributed by atoms with Crippen LogP contribution < -0.4 is 0 Å². The van der Waals surface area contributed by atoms with Crippen LogP contribution in [0, 0.1) is 33.1 Å². The summed E-state index contributed by atoms with van der Waals surface area (Å²) in [5.74, 6) is 3.24. The quantitative estimate of drug-likeness (QED) is 0.0811. The molecule has 0 saturated carbocycles. The Morgan fingerprint density at radius 3 is 1.55 bits per heavy atom. The summed E-state index contributed by atoms with van der Waals surface area (Å²) >= 11 is 0. The monoisotopic (exact) mass is 871 g/mol. The van der Waals surface area contributed by atoms with E-state index in [9.17, 15) is 0 Å². The summed E-state index contributed by atoms with van der Waals surface area (Å²) in [6, 6.07) is 60.8. The van der Waals surface area contributed by atoms with Gasteiger partial charge in [0.1, 0.15) is 0 Å². The van der Waals surface area contributed by atoms with Gasteiger partial charge in [0, 0.05) is 5.56 Å². The Labute approximate surface area is 401 Å². The van der Waals surface area contributed by atoms with Crippen molar-refractivity contribution in [2.24, 2.45) is 0 Å². The lowest BCUT2D eigenvalue weighted by Crippen LogP contribution is -1.98. The molecule has 0 aliphatic heterocycles. The van der Waals surface area contributed by atoms with Crippen molar-refractivity contribution in [2.75, 3.05) is 0 Å². The van der Waals surface area contributed by atoms with Crippen molar-refractivity contribution < 1.29 is 0 Å². The topological polar surface area (TPSA) is 0 Å². The lowest BCUT2D eigenvalue weighted by atomic mass is 9.84. The van der Waals surface area contributed by atoms with E-state index in [-0.39, 0.29) is 0 Å². The van der Waals surface area contributed by atoms with Crippen molar-refractivity contribution in [2.45, 2.75) is 122 Å². The van der Waals surface area contributed by atoms with Crippen LogP contribution in [0.1, 0.15) is 139 Å². The van der Waals surface area contributed by atoms with Crippen LogP contribution in [0.2, 0.25) is 0 Å². The lowest BCUT2D eigenvalue weighted by molar-refractivity contribution is 0.733. The summed E-state index contributed by atoms with van der Waals surface area (Å²) in [6.45, 7) is 30.1. The molecule has 0 aliphatic carbocycles. The van der Waals surface area contributed by atoms with Crippen LogP contribution in [0.5, 0.6) is 0 Å². The molecule has 8 aromatic rings. The number of aryl methyl sites for hydroxylation is 4. The van der Waals surface area contributed by atoms with Crippen molar-refractivity contribution in [3.63, 3.8) is 0 Å². The zero-order valence-electron chi connectivity index (χ0n) is 42.9. The second kappa shape index (κ2) is 28.5. The Kier molecular flexibility index (Phi) is 23.3. The number of benzene rings is 8. The first-order chi connectivity index (χ1) is 32.2. The van der Waals surface area contributed by atoms with E-state index in [0.29, 0.717) is 5.92 Å². The zero-order chi connectivity index (χ0) is 48.6. The maximum absolute atomic E-state index is 5.10. The van der Waals surface area contributed by atoms with E-state index in [4.69, 9.17) is 6.42 Å². The van der Waals surface area contributed by atoms with Gasteiger partial charge in [-0.3, -0.25) is 0 Å². The van der Waals surface area contributed by atoms with Gasteiger partial charge in [0.25, 0.3) is 0 Å². The van der Waals surface area contributed by atoms with Gasteiger partial charge >= 0.3 is 0 Å². The predicted molar refractivity (Wildman–Crippen MR) is 299 cm³/mol. The molecule has 0 aliphatic rings. The first-order valence-corrected chi connectivity index (χ1v) is 24.6. The number of fused-ring (bicyclic) bond motifs is 3. The van der Waals surface area contributed by atoms with E-state index in [2.05, 4.69) is 201 Å². The molecule has 0 heterocycles. The van der Waals surface area contributed by atoms with E-state index in [0.717, 1.165) is 18.4 Å². The average Bonchev–Trinajstić information content (AvgIpc) is 3.39. The molecule has 0 heteroatoms. The van der Waals surface area contributed by atoms with Gasteiger partial charge in [-0.05, 0) is 172 Å². The predicted octanol–water partition coefficient (Wildman–Crippen LogP) is 20.1. The minimum atomic E-state index is 0.709. The highest BCUT2D eigenvalue weighted by Crippen LogP contribution is 2.40. The Bertz CT molecular complexity index is 2760. The SMILES string of the molecule is C#Cc1ccccc1.CC.CC.CC.CCC(C)c1ccccc1.CCCc1ccc(-c2ccc(C)c(-c3ccccc3C)c2)cc1/C(C)=C(\C)c1c(C)c2ccccc2c2ccccc12. The summed E-state index contributed by atoms with van der Waals surface area (Å²) in [4.78, 5) is 0. The van der Waals surface area contributed by atoms with Crippen LogP contribution >= 0.6 is 0 Å².